The molecule has 2 aromatic heterocycles. The number of rotatable bonds is 1. The molecule has 2 rings (SSSR count). The van der Waals surface area contributed by atoms with E-state index in [-0.39, 0.29) is 15.9 Å². The Hall–Kier alpha value is -1.24. The van der Waals surface area contributed by atoms with Gasteiger partial charge in [-0.2, -0.15) is 0 Å². The van der Waals surface area contributed by atoms with Gasteiger partial charge in [-0.15, -0.1) is 0 Å². The Balaban J connectivity index is 2.96. The fourth-order valence-electron chi connectivity index (χ4n) is 1.25. The number of pyridine rings is 2. The van der Waals surface area contributed by atoms with E-state index in [1.54, 1.807) is 0 Å². The zero-order chi connectivity index (χ0) is 12.7. The Kier molecular flexibility index (Phi) is 3.03. The predicted molar refractivity (Wildman–Crippen MR) is 61.2 cm³/mol. The van der Waals surface area contributed by atoms with Gasteiger partial charge in [-0.25, -0.2) is 14.4 Å². The topological polar surface area (TPSA) is 68.9 Å². The number of hydrogen-bond donors (Lipinski definition) is 0. The normalized spacial score (nSPS) is 10.8. The fourth-order valence-corrected chi connectivity index (χ4v) is 1.98. The number of nitro groups is 1. The zero-order valence-corrected chi connectivity index (χ0v) is 10.0. The number of hydrogen-bond acceptors (Lipinski definition) is 4. The highest BCUT2D eigenvalue weighted by atomic mass is 35.5. The van der Waals surface area contributed by atoms with Crippen molar-refractivity contribution in [2.75, 3.05) is 0 Å². The molecule has 0 aromatic carbocycles. The minimum atomic E-state index is -0.928. The first-order chi connectivity index (χ1) is 7.93. The lowest BCUT2D eigenvalue weighted by Crippen LogP contribution is -1.97. The third-order valence-electron chi connectivity index (χ3n) is 1.98. The molecule has 0 fully saturated rings. The van der Waals surface area contributed by atoms with Gasteiger partial charge in [0, 0.05) is 11.6 Å². The molecule has 0 atom stereocenters. The summed E-state index contributed by atoms with van der Waals surface area (Å²) in [6, 6.07) is 0. The molecule has 2 aromatic rings. The molecule has 0 N–H and O–H groups in total. The Morgan fingerprint density at radius 1 is 1.29 bits per heavy atom. The zero-order valence-electron chi connectivity index (χ0n) is 7.75. The van der Waals surface area contributed by atoms with Crippen molar-refractivity contribution < 1.29 is 9.31 Å². The first kappa shape index (κ1) is 12.2. The summed E-state index contributed by atoms with van der Waals surface area (Å²) >= 11 is 16.8. The van der Waals surface area contributed by atoms with Gasteiger partial charge in [-0.3, -0.25) is 10.1 Å². The van der Waals surface area contributed by atoms with E-state index in [2.05, 4.69) is 9.97 Å². The lowest BCUT2D eigenvalue weighted by Gasteiger charge is -2.04. The first-order valence-electron chi connectivity index (χ1n) is 4.06. The molecule has 2 heterocycles. The van der Waals surface area contributed by atoms with Gasteiger partial charge in [0.2, 0.25) is 5.15 Å². The molecule has 0 saturated heterocycles. The Morgan fingerprint density at radius 2 is 1.94 bits per heavy atom. The summed E-state index contributed by atoms with van der Waals surface area (Å²) in [6.45, 7) is 0. The monoisotopic (exact) mass is 295 g/mol. The van der Waals surface area contributed by atoms with Crippen LogP contribution in [0.2, 0.25) is 15.3 Å². The number of halogens is 4. The average molecular weight is 296 g/mol. The third-order valence-corrected chi connectivity index (χ3v) is 2.89. The van der Waals surface area contributed by atoms with E-state index in [9.17, 15) is 14.5 Å². The maximum Gasteiger partial charge on any atom is 0.325 e. The Bertz CT molecular complexity index is 650. The maximum absolute atomic E-state index is 13.5. The van der Waals surface area contributed by atoms with Crippen molar-refractivity contribution in [3.05, 3.63) is 37.5 Å². The van der Waals surface area contributed by atoms with E-state index < -0.39 is 26.7 Å². The SMILES string of the molecule is O=[N+]([O-])c1c(Cl)nc2c(F)c(Cl)ncc2c1Cl. The van der Waals surface area contributed by atoms with Crippen LogP contribution in [0.25, 0.3) is 10.9 Å². The quantitative estimate of drug-likeness (QED) is 0.458. The minimum absolute atomic E-state index is 0.0235. The van der Waals surface area contributed by atoms with Gasteiger partial charge >= 0.3 is 5.69 Å². The molecular formula is C8HCl3FN3O2. The highest BCUT2D eigenvalue weighted by molar-refractivity contribution is 6.41. The molecule has 0 bridgehead atoms. The summed E-state index contributed by atoms with van der Waals surface area (Å²) in [5, 5.41) is 9.43. The second-order valence-corrected chi connectivity index (χ2v) is 4.04. The van der Waals surface area contributed by atoms with Crippen LogP contribution in [-0.4, -0.2) is 14.9 Å². The minimum Gasteiger partial charge on any atom is -0.258 e. The van der Waals surface area contributed by atoms with Crippen LogP contribution in [0, 0.1) is 15.9 Å². The Labute approximate surface area is 108 Å². The van der Waals surface area contributed by atoms with Crippen LogP contribution in [0.1, 0.15) is 0 Å². The molecule has 0 amide bonds. The molecule has 9 heteroatoms. The second-order valence-electron chi connectivity index (χ2n) is 2.95. The van der Waals surface area contributed by atoms with E-state index in [0.717, 1.165) is 6.20 Å². The van der Waals surface area contributed by atoms with Crippen molar-refractivity contribution >= 4 is 51.4 Å². The highest BCUT2D eigenvalue weighted by Gasteiger charge is 2.24. The standard InChI is InChI=1S/C8HCl3FN3O2/c9-3-2-1-13-7(10)4(12)5(2)14-8(11)6(3)15(16)17/h1H. The van der Waals surface area contributed by atoms with Crippen molar-refractivity contribution in [1.29, 1.82) is 0 Å². The molecular weight excluding hydrogens is 295 g/mol. The van der Waals surface area contributed by atoms with Crippen molar-refractivity contribution in [3.8, 4) is 0 Å². The molecule has 0 spiro atoms. The van der Waals surface area contributed by atoms with Gasteiger partial charge in [0.1, 0.15) is 10.5 Å². The summed E-state index contributed by atoms with van der Waals surface area (Å²) in [6.07, 6.45) is 1.10. The van der Waals surface area contributed by atoms with Crippen molar-refractivity contribution in [1.82, 2.24) is 9.97 Å². The van der Waals surface area contributed by atoms with Crippen LogP contribution in [0.4, 0.5) is 10.1 Å². The van der Waals surface area contributed by atoms with Crippen molar-refractivity contribution in [2.45, 2.75) is 0 Å². The predicted octanol–water partition coefficient (Wildman–Crippen LogP) is 3.64. The van der Waals surface area contributed by atoms with E-state index in [0.29, 0.717) is 0 Å². The van der Waals surface area contributed by atoms with E-state index >= 15 is 0 Å². The molecule has 17 heavy (non-hydrogen) atoms. The average Bonchev–Trinajstić information content (AvgIpc) is 2.23. The smallest absolute Gasteiger partial charge is 0.258 e. The molecule has 5 nitrogen and oxygen atoms in total. The van der Waals surface area contributed by atoms with Gasteiger partial charge in [-0.1, -0.05) is 34.8 Å². The summed E-state index contributed by atoms with van der Waals surface area (Å²) in [4.78, 5) is 16.9. The van der Waals surface area contributed by atoms with Crippen LogP contribution >= 0.6 is 34.8 Å². The van der Waals surface area contributed by atoms with Crippen LogP contribution in [0.15, 0.2) is 6.20 Å². The largest absolute Gasteiger partial charge is 0.325 e. The number of fused-ring (bicyclic) bond motifs is 1. The van der Waals surface area contributed by atoms with Crippen LogP contribution in [-0.2, 0) is 0 Å². The molecule has 0 saturated carbocycles. The first-order valence-corrected chi connectivity index (χ1v) is 5.20. The maximum atomic E-state index is 13.5. The van der Waals surface area contributed by atoms with Crippen LogP contribution in [0.3, 0.4) is 0 Å². The molecule has 0 aliphatic rings. The van der Waals surface area contributed by atoms with E-state index in [4.69, 9.17) is 34.8 Å². The summed E-state index contributed by atoms with van der Waals surface area (Å²) in [5.74, 6) is -0.928. The molecule has 0 unspecified atom stereocenters. The number of aromatic nitrogens is 2. The van der Waals surface area contributed by atoms with Crippen molar-refractivity contribution in [2.24, 2.45) is 0 Å². The second kappa shape index (κ2) is 4.21. The van der Waals surface area contributed by atoms with E-state index in [1.165, 1.54) is 0 Å². The summed E-state index contributed by atoms with van der Waals surface area (Å²) in [7, 11) is 0. The van der Waals surface area contributed by atoms with E-state index in [1.807, 2.05) is 0 Å². The van der Waals surface area contributed by atoms with Gasteiger partial charge in [0.15, 0.2) is 11.0 Å². The fraction of sp³-hybridized carbons (Fsp3) is 0. The van der Waals surface area contributed by atoms with Gasteiger partial charge in [0.05, 0.1) is 4.92 Å². The van der Waals surface area contributed by atoms with Crippen LogP contribution in [0.5, 0.6) is 0 Å². The molecule has 0 aliphatic carbocycles. The lowest BCUT2D eigenvalue weighted by molar-refractivity contribution is -0.384. The molecule has 88 valence electrons. The summed E-state index contributed by atoms with van der Waals surface area (Å²) in [5.41, 5.74) is -0.852. The third kappa shape index (κ3) is 1.88. The van der Waals surface area contributed by atoms with Crippen molar-refractivity contribution in [3.63, 3.8) is 0 Å². The number of nitrogens with zero attached hydrogens (tertiary/aromatic N) is 3. The lowest BCUT2D eigenvalue weighted by atomic mass is 10.2. The molecule has 0 radical (unpaired) electrons. The van der Waals surface area contributed by atoms with Gasteiger partial charge in [0.25, 0.3) is 0 Å². The highest BCUT2D eigenvalue weighted by Crippen LogP contribution is 2.37. The molecule has 0 aliphatic heterocycles. The van der Waals surface area contributed by atoms with Gasteiger partial charge in [-0.05, 0) is 0 Å². The Morgan fingerprint density at radius 3 is 2.53 bits per heavy atom. The van der Waals surface area contributed by atoms with Crippen LogP contribution < -0.4 is 0 Å². The van der Waals surface area contributed by atoms with Gasteiger partial charge < -0.3 is 0 Å². The summed E-state index contributed by atoms with van der Waals surface area (Å²) < 4.78 is 13.5.